The van der Waals surface area contributed by atoms with E-state index in [1.165, 1.54) is 6.92 Å². The second-order valence-corrected chi connectivity index (χ2v) is 11.3. The van der Waals surface area contributed by atoms with E-state index < -0.39 is 11.7 Å². The number of amides is 2. The van der Waals surface area contributed by atoms with Crippen molar-refractivity contribution in [2.45, 2.75) is 26.2 Å². The molecule has 2 aromatic carbocycles. The number of aliphatic carboxylic acids is 1. The third kappa shape index (κ3) is 8.86. The molecule has 0 aliphatic rings. The van der Waals surface area contributed by atoms with Crippen LogP contribution in [0.4, 0.5) is 11.4 Å². The first-order valence-corrected chi connectivity index (χ1v) is 12.6. The molecule has 0 aliphatic heterocycles. The fraction of sp³-hybridized carbons (Fsp3) is 0.211. The third-order valence-corrected chi connectivity index (χ3v) is 5.37. The highest BCUT2D eigenvalue weighted by molar-refractivity contribution is 8.60. The summed E-state index contributed by atoms with van der Waals surface area (Å²) in [4.78, 5) is 33.3. The van der Waals surface area contributed by atoms with Crippen LogP contribution in [0.15, 0.2) is 48.5 Å². The quantitative estimate of drug-likeness (QED) is 0.301. The molecule has 11 heteroatoms. The van der Waals surface area contributed by atoms with E-state index in [9.17, 15) is 14.4 Å². The average Bonchev–Trinajstić information content (AvgIpc) is 2.64. The first-order valence-electron chi connectivity index (χ1n) is 8.84. The molecule has 3 N–H and O–H groups in total. The van der Waals surface area contributed by atoms with Gasteiger partial charge in [-0.3, -0.25) is 14.4 Å². The first kappa shape index (κ1) is 23.7. The standard InChI is InChI=1S/C19H21N2O6PS2/c1-13(22)20-14-5-9-16(10-6-14)26-28(29,30)27-17-11-7-15(8-12-17)21-18(23)3-2-4-19(24)25/h5-12H,2-4H2,1H3,(H,20,22)(H,21,23)(H,24,25)(H,29,30). The van der Waals surface area contributed by atoms with Gasteiger partial charge in [-0.05, 0) is 66.8 Å². The number of carboxylic acids is 1. The van der Waals surface area contributed by atoms with Crippen LogP contribution in [0.3, 0.4) is 0 Å². The predicted octanol–water partition coefficient (Wildman–Crippen LogP) is 4.45. The molecule has 30 heavy (non-hydrogen) atoms. The second kappa shape index (κ2) is 11.0. The minimum absolute atomic E-state index is 0.0528. The predicted molar refractivity (Wildman–Crippen MR) is 122 cm³/mol. The Labute approximate surface area is 184 Å². The lowest BCUT2D eigenvalue weighted by atomic mass is 10.2. The van der Waals surface area contributed by atoms with Gasteiger partial charge in [0.1, 0.15) is 11.5 Å². The monoisotopic (exact) mass is 468 g/mol. The lowest BCUT2D eigenvalue weighted by Gasteiger charge is -2.19. The number of carbonyl (C=O) groups excluding carboxylic acids is 2. The molecule has 0 saturated heterocycles. The van der Waals surface area contributed by atoms with E-state index in [2.05, 4.69) is 22.9 Å². The molecular weight excluding hydrogens is 447 g/mol. The maximum Gasteiger partial charge on any atom is 0.345 e. The van der Waals surface area contributed by atoms with E-state index in [1.54, 1.807) is 48.5 Å². The van der Waals surface area contributed by atoms with Crippen LogP contribution in [-0.2, 0) is 26.2 Å². The Morgan fingerprint density at radius 2 is 1.40 bits per heavy atom. The van der Waals surface area contributed by atoms with Crippen LogP contribution < -0.4 is 19.7 Å². The number of nitrogens with one attached hydrogen (secondary N) is 2. The summed E-state index contributed by atoms with van der Waals surface area (Å²) in [6.07, 6.45) is 0.341. The summed E-state index contributed by atoms with van der Waals surface area (Å²) < 4.78 is 11.3. The summed E-state index contributed by atoms with van der Waals surface area (Å²) in [5, 5.41) is 13.9. The molecule has 0 saturated carbocycles. The van der Waals surface area contributed by atoms with Crippen molar-refractivity contribution in [1.82, 2.24) is 0 Å². The lowest BCUT2D eigenvalue weighted by molar-refractivity contribution is -0.137. The van der Waals surface area contributed by atoms with Gasteiger partial charge in [0.15, 0.2) is 0 Å². The summed E-state index contributed by atoms with van der Waals surface area (Å²) in [6, 6.07) is 13.2. The number of carboxylic acid groups (broad SMARTS) is 1. The number of benzene rings is 2. The van der Waals surface area contributed by atoms with Crippen molar-refractivity contribution in [2.24, 2.45) is 0 Å². The number of rotatable bonds is 10. The van der Waals surface area contributed by atoms with E-state index in [4.69, 9.17) is 26.0 Å². The largest absolute Gasteiger partial charge is 0.481 e. The number of hydrogen-bond donors (Lipinski definition) is 4. The topological polar surface area (TPSA) is 114 Å². The highest BCUT2D eigenvalue weighted by atomic mass is 32.9. The number of thiol groups is 1. The van der Waals surface area contributed by atoms with Gasteiger partial charge in [0, 0.05) is 31.1 Å². The van der Waals surface area contributed by atoms with Crippen molar-refractivity contribution >= 4 is 58.9 Å². The van der Waals surface area contributed by atoms with Crippen molar-refractivity contribution in [2.75, 3.05) is 10.6 Å². The van der Waals surface area contributed by atoms with Crippen LogP contribution in [0.25, 0.3) is 0 Å². The van der Waals surface area contributed by atoms with Gasteiger partial charge in [-0.25, -0.2) is 0 Å². The molecule has 2 aromatic rings. The van der Waals surface area contributed by atoms with E-state index in [0.717, 1.165) is 0 Å². The Hall–Kier alpha value is -2.55. The van der Waals surface area contributed by atoms with Gasteiger partial charge in [-0.1, -0.05) is 12.2 Å². The van der Waals surface area contributed by atoms with Gasteiger partial charge >= 0.3 is 11.7 Å². The molecule has 2 amide bonds. The Kier molecular flexibility index (Phi) is 8.71. The maximum atomic E-state index is 11.8. The summed E-state index contributed by atoms with van der Waals surface area (Å²) >= 11 is 9.65. The molecule has 0 heterocycles. The molecule has 0 radical (unpaired) electrons. The highest BCUT2D eigenvalue weighted by Crippen LogP contribution is 2.53. The Morgan fingerprint density at radius 3 is 1.83 bits per heavy atom. The fourth-order valence-electron chi connectivity index (χ4n) is 2.31. The summed E-state index contributed by atoms with van der Waals surface area (Å²) in [7, 11) is 0. The van der Waals surface area contributed by atoms with Crippen molar-refractivity contribution in [3.05, 3.63) is 48.5 Å². The van der Waals surface area contributed by atoms with Gasteiger partial charge in [-0.2, -0.15) is 0 Å². The van der Waals surface area contributed by atoms with Gasteiger partial charge in [0.2, 0.25) is 11.8 Å². The van der Waals surface area contributed by atoms with Crippen molar-refractivity contribution in [1.29, 1.82) is 0 Å². The van der Waals surface area contributed by atoms with Crippen LogP contribution >= 0.6 is 17.9 Å². The van der Waals surface area contributed by atoms with E-state index >= 15 is 0 Å². The number of anilines is 2. The molecule has 0 fully saturated rings. The molecule has 2 rings (SSSR count). The summed E-state index contributed by atoms with van der Waals surface area (Å²) in [5.41, 5.74) is -1.77. The summed E-state index contributed by atoms with van der Waals surface area (Å²) in [6.45, 7) is 1.42. The third-order valence-electron chi connectivity index (χ3n) is 3.55. The zero-order valence-electron chi connectivity index (χ0n) is 16.0. The second-order valence-electron chi connectivity index (χ2n) is 6.18. The van der Waals surface area contributed by atoms with E-state index in [0.29, 0.717) is 22.9 Å². The van der Waals surface area contributed by atoms with E-state index in [-0.39, 0.29) is 31.1 Å². The fourth-order valence-corrected chi connectivity index (χ4v) is 4.21. The first-order chi connectivity index (χ1) is 14.1. The van der Waals surface area contributed by atoms with E-state index in [1.807, 2.05) is 0 Å². The molecule has 0 aliphatic carbocycles. The van der Waals surface area contributed by atoms with Gasteiger partial charge in [-0.15, -0.1) is 0 Å². The van der Waals surface area contributed by atoms with Crippen LogP contribution in [-0.4, -0.2) is 22.9 Å². The van der Waals surface area contributed by atoms with Crippen molar-refractivity contribution in [3.8, 4) is 11.5 Å². The van der Waals surface area contributed by atoms with Gasteiger partial charge in [0.05, 0.1) is 0 Å². The van der Waals surface area contributed by atoms with Crippen LogP contribution in [0.2, 0.25) is 0 Å². The maximum absolute atomic E-state index is 11.8. The Balaban J connectivity index is 1.88. The summed E-state index contributed by atoms with van der Waals surface area (Å²) in [5.74, 6) is -0.501. The molecular formula is C19H21N2O6PS2. The Bertz CT molecular complexity index is 951. The van der Waals surface area contributed by atoms with Crippen LogP contribution in [0, 0.1) is 0 Å². The average molecular weight is 468 g/mol. The molecule has 1 unspecified atom stereocenters. The molecule has 160 valence electrons. The zero-order valence-corrected chi connectivity index (χ0v) is 18.6. The van der Waals surface area contributed by atoms with Crippen LogP contribution in [0.1, 0.15) is 26.2 Å². The molecule has 8 nitrogen and oxygen atoms in total. The van der Waals surface area contributed by atoms with Crippen molar-refractivity contribution in [3.63, 3.8) is 0 Å². The smallest absolute Gasteiger partial charge is 0.345 e. The molecule has 1 atom stereocenters. The minimum atomic E-state index is -2.95. The lowest BCUT2D eigenvalue weighted by Crippen LogP contribution is -2.11. The molecule has 0 spiro atoms. The minimum Gasteiger partial charge on any atom is -0.481 e. The molecule has 0 bridgehead atoms. The van der Waals surface area contributed by atoms with Crippen LogP contribution in [0.5, 0.6) is 11.5 Å². The number of carbonyl (C=O) groups is 3. The van der Waals surface area contributed by atoms with Crippen molar-refractivity contribution < 1.29 is 28.5 Å². The zero-order chi connectivity index (χ0) is 22.1. The molecule has 0 aromatic heterocycles. The normalized spacial score (nSPS) is 12.3. The van der Waals surface area contributed by atoms with Gasteiger partial charge < -0.3 is 24.8 Å². The highest BCUT2D eigenvalue weighted by Gasteiger charge is 2.17. The number of hydrogen-bond acceptors (Lipinski definition) is 6. The Morgan fingerprint density at radius 1 is 0.933 bits per heavy atom. The SMILES string of the molecule is CC(=O)Nc1ccc(OP(=S)(S)Oc2ccc(NC(=O)CCCC(=O)O)cc2)cc1. The van der Waals surface area contributed by atoms with Gasteiger partial charge in [0.25, 0.3) is 0 Å².